The molecule has 0 saturated carbocycles. The summed E-state index contributed by atoms with van der Waals surface area (Å²) < 4.78 is 99.9. The van der Waals surface area contributed by atoms with Crippen LogP contribution in [0.5, 0.6) is 0 Å². The standard InChI is InChI=1S/C26H26F7NO3/c1-13(15-8-16(25(28,29)30)10-17(9-15)26(31,32)33)37-20-12-34-19(11-24(2,3)22(35)23(34)36)21(20)14-4-6-18(27)7-5-14/h4-10,13,19-22,35H,11-12H2,1-3H3/t13-,19?,20+,21?,22?/m1/s1. The zero-order chi connectivity index (χ0) is 27.5. The van der Waals surface area contributed by atoms with Gasteiger partial charge < -0.3 is 14.7 Å². The second-order valence-electron chi connectivity index (χ2n) is 10.4. The van der Waals surface area contributed by atoms with Crippen LogP contribution in [0.25, 0.3) is 0 Å². The molecule has 2 saturated heterocycles. The Bertz CT molecular complexity index is 1130. The summed E-state index contributed by atoms with van der Waals surface area (Å²) in [4.78, 5) is 14.4. The minimum atomic E-state index is -5.01. The van der Waals surface area contributed by atoms with Crippen molar-refractivity contribution in [3.8, 4) is 0 Å². The van der Waals surface area contributed by atoms with E-state index in [2.05, 4.69) is 0 Å². The van der Waals surface area contributed by atoms with Crippen molar-refractivity contribution in [3.05, 3.63) is 70.5 Å². The van der Waals surface area contributed by atoms with Crippen LogP contribution >= 0.6 is 0 Å². The Labute approximate surface area is 209 Å². The fourth-order valence-corrected chi connectivity index (χ4v) is 5.32. The molecule has 5 atom stereocenters. The first-order chi connectivity index (χ1) is 17.0. The molecular formula is C26H26F7NO3. The maximum atomic E-state index is 13.6. The number of halogens is 7. The number of aliphatic hydroxyl groups is 1. The van der Waals surface area contributed by atoms with E-state index in [1.54, 1.807) is 13.8 Å². The number of benzene rings is 2. The maximum absolute atomic E-state index is 13.6. The Kier molecular flexibility index (Phi) is 6.86. The molecule has 2 aromatic rings. The van der Waals surface area contributed by atoms with Gasteiger partial charge in [-0.25, -0.2) is 4.39 Å². The number of aliphatic hydroxyl groups excluding tert-OH is 1. The fourth-order valence-electron chi connectivity index (χ4n) is 5.32. The Morgan fingerprint density at radius 3 is 2.05 bits per heavy atom. The summed E-state index contributed by atoms with van der Waals surface area (Å²) >= 11 is 0. The van der Waals surface area contributed by atoms with Crippen molar-refractivity contribution < 1.29 is 45.4 Å². The minimum Gasteiger partial charge on any atom is -0.383 e. The molecule has 2 fully saturated rings. The van der Waals surface area contributed by atoms with Crippen LogP contribution in [0.15, 0.2) is 42.5 Å². The summed E-state index contributed by atoms with van der Waals surface area (Å²) in [6, 6.07) is 6.30. The molecule has 4 rings (SSSR count). The molecule has 3 unspecified atom stereocenters. The Hall–Kier alpha value is -2.66. The molecule has 11 heteroatoms. The number of amides is 1. The van der Waals surface area contributed by atoms with E-state index in [1.165, 1.54) is 36.1 Å². The monoisotopic (exact) mass is 533 g/mol. The third kappa shape index (κ3) is 5.34. The third-order valence-corrected chi connectivity index (χ3v) is 7.30. The molecule has 1 amide bonds. The van der Waals surface area contributed by atoms with Gasteiger partial charge in [0.05, 0.1) is 23.3 Å². The van der Waals surface area contributed by atoms with E-state index >= 15 is 0 Å². The van der Waals surface area contributed by atoms with E-state index in [-0.39, 0.29) is 18.2 Å². The van der Waals surface area contributed by atoms with E-state index in [4.69, 9.17) is 4.74 Å². The number of fused-ring (bicyclic) bond motifs is 1. The predicted octanol–water partition coefficient (Wildman–Crippen LogP) is 6.09. The van der Waals surface area contributed by atoms with Gasteiger partial charge in [-0.2, -0.15) is 26.3 Å². The smallest absolute Gasteiger partial charge is 0.383 e. The highest BCUT2D eigenvalue weighted by Gasteiger charge is 2.55. The van der Waals surface area contributed by atoms with Crippen LogP contribution in [0.3, 0.4) is 0 Å². The molecule has 0 radical (unpaired) electrons. The molecule has 202 valence electrons. The van der Waals surface area contributed by atoms with Crippen molar-refractivity contribution in [2.45, 2.75) is 69.8 Å². The first kappa shape index (κ1) is 27.4. The first-order valence-corrected chi connectivity index (χ1v) is 11.7. The highest BCUT2D eigenvalue weighted by Crippen LogP contribution is 2.47. The van der Waals surface area contributed by atoms with E-state index in [0.717, 1.165) is 0 Å². The number of nitrogens with zero attached hydrogens (tertiary/aromatic N) is 1. The summed E-state index contributed by atoms with van der Waals surface area (Å²) in [6.45, 7) is 4.77. The molecule has 2 heterocycles. The van der Waals surface area contributed by atoms with E-state index in [0.29, 0.717) is 24.1 Å². The molecule has 37 heavy (non-hydrogen) atoms. The number of piperidine rings is 1. The van der Waals surface area contributed by atoms with Crippen molar-refractivity contribution in [1.29, 1.82) is 0 Å². The van der Waals surface area contributed by atoms with Gasteiger partial charge in [-0.05, 0) is 54.8 Å². The van der Waals surface area contributed by atoms with E-state index in [9.17, 15) is 40.6 Å². The maximum Gasteiger partial charge on any atom is 0.416 e. The molecule has 0 bridgehead atoms. The number of hydrogen-bond donors (Lipinski definition) is 1. The van der Waals surface area contributed by atoms with Crippen LogP contribution in [-0.4, -0.2) is 40.7 Å². The van der Waals surface area contributed by atoms with Crippen molar-refractivity contribution in [3.63, 3.8) is 0 Å². The van der Waals surface area contributed by atoms with Gasteiger partial charge in [-0.3, -0.25) is 4.79 Å². The molecule has 0 aliphatic carbocycles. The van der Waals surface area contributed by atoms with Crippen molar-refractivity contribution in [1.82, 2.24) is 4.90 Å². The minimum absolute atomic E-state index is 0.0336. The highest BCUT2D eigenvalue weighted by molar-refractivity contribution is 5.83. The summed E-state index contributed by atoms with van der Waals surface area (Å²) in [7, 11) is 0. The van der Waals surface area contributed by atoms with Gasteiger partial charge in [0.1, 0.15) is 11.9 Å². The lowest BCUT2D eigenvalue weighted by Crippen LogP contribution is -2.56. The Balaban J connectivity index is 1.71. The van der Waals surface area contributed by atoms with Gasteiger partial charge in [-0.15, -0.1) is 0 Å². The normalized spacial score (nSPS) is 26.8. The number of carbonyl (C=O) groups is 1. The third-order valence-electron chi connectivity index (χ3n) is 7.30. The van der Waals surface area contributed by atoms with E-state index in [1.807, 2.05) is 0 Å². The number of ether oxygens (including phenoxy) is 1. The lowest BCUT2D eigenvalue weighted by atomic mass is 9.73. The SMILES string of the molecule is C[C@@H](O[C@H]1CN2C(=O)C(O)C(C)(C)CC2C1c1ccc(F)cc1)c1cc(C(F)(F)F)cc(C(F)(F)F)c1. The number of alkyl halides is 6. The number of rotatable bonds is 4. The average Bonchev–Trinajstić information content (AvgIpc) is 3.13. The van der Waals surface area contributed by atoms with Crippen molar-refractivity contribution >= 4 is 5.91 Å². The topological polar surface area (TPSA) is 49.8 Å². The van der Waals surface area contributed by atoms with Gasteiger partial charge in [-0.1, -0.05) is 26.0 Å². The van der Waals surface area contributed by atoms with Crippen LogP contribution in [0.2, 0.25) is 0 Å². The van der Waals surface area contributed by atoms with Crippen molar-refractivity contribution in [2.75, 3.05) is 6.54 Å². The highest BCUT2D eigenvalue weighted by atomic mass is 19.4. The molecule has 4 nitrogen and oxygen atoms in total. The zero-order valence-corrected chi connectivity index (χ0v) is 20.2. The van der Waals surface area contributed by atoms with Gasteiger partial charge in [0, 0.05) is 23.9 Å². The second kappa shape index (κ2) is 9.27. The Morgan fingerprint density at radius 1 is 1.00 bits per heavy atom. The summed E-state index contributed by atoms with van der Waals surface area (Å²) in [6.07, 6.45) is -13.0. The summed E-state index contributed by atoms with van der Waals surface area (Å²) in [5.41, 5.74) is -3.42. The number of hydrogen-bond acceptors (Lipinski definition) is 3. The zero-order valence-electron chi connectivity index (χ0n) is 20.2. The van der Waals surface area contributed by atoms with Crippen LogP contribution < -0.4 is 0 Å². The average molecular weight is 533 g/mol. The van der Waals surface area contributed by atoms with Gasteiger partial charge >= 0.3 is 12.4 Å². The molecule has 0 aromatic heterocycles. The molecule has 1 N–H and O–H groups in total. The summed E-state index contributed by atoms with van der Waals surface area (Å²) in [5.74, 6) is -1.58. The lowest BCUT2D eigenvalue weighted by Gasteiger charge is -2.44. The van der Waals surface area contributed by atoms with Crippen LogP contribution in [0, 0.1) is 11.2 Å². The molecular weight excluding hydrogens is 507 g/mol. The fraction of sp³-hybridized carbons (Fsp3) is 0.500. The van der Waals surface area contributed by atoms with E-state index < -0.39 is 70.9 Å². The Morgan fingerprint density at radius 2 is 1.54 bits per heavy atom. The van der Waals surface area contributed by atoms with Gasteiger partial charge in [0.25, 0.3) is 5.91 Å². The predicted molar refractivity (Wildman–Crippen MR) is 119 cm³/mol. The summed E-state index contributed by atoms with van der Waals surface area (Å²) in [5, 5.41) is 10.5. The quantitative estimate of drug-likeness (QED) is 0.484. The van der Waals surface area contributed by atoms with Crippen LogP contribution in [0.4, 0.5) is 30.7 Å². The molecule has 2 aliphatic heterocycles. The van der Waals surface area contributed by atoms with Gasteiger partial charge in [0.15, 0.2) is 0 Å². The van der Waals surface area contributed by atoms with Crippen molar-refractivity contribution in [2.24, 2.45) is 5.41 Å². The van der Waals surface area contributed by atoms with Crippen LogP contribution in [0.1, 0.15) is 61.5 Å². The molecule has 2 aromatic carbocycles. The first-order valence-electron chi connectivity index (χ1n) is 11.7. The largest absolute Gasteiger partial charge is 0.416 e. The number of carbonyl (C=O) groups excluding carboxylic acids is 1. The molecule has 2 aliphatic rings. The molecule has 0 spiro atoms. The second-order valence-corrected chi connectivity index (χ2v) is 10.4. The van der Waals surface area contributed by atoms with Gasteiger partial charge in [0.2, 0.25) is 0 Å². The van der Waals surface area contributed by atoms with Crippen LogP contribution in [-0.2, 0) is 21.9 Å². The lowest BCUT2D eigenvalue weighted by molar-refractivity contribution is -0.156.